The van der Waals surface area contributed by atoms with Crippen LogP contribution >= 0.6 is 0 Å². The van der Waals surface area contributed by atoms with E-state index in [1.807, 2.05) is 34.6 Å². The molecule has 0 aromatic rings. The monoisotopic (exact) mass is 197 g/mol. The van der Waals surface area contributed by atoms with Gasteiger partial charge in [0.15, 0.2) is 6.23 Å². The predicted molar refractivity (Wildman–Crippen MR) is 55.4 cm³/mol. The van der Waals surface area contributed by atoms with Gasteiger partial charge in [0.25, 0.3) is 5.91 Å². The molecule has 3 heteroatoms. The fourth-order valence-electron chi connectivity index (χ4n) is 1.62. The number of carbonyl (C=O) groups excluding carboxylic acids is 1. The molecule has 1 amide bonds. The molecule has 1 N–H and O–H groups in total. The summed E-state index contributed by atoms with van der Waals surface area (Å²) in [5.41, 5.74) is 0.766. The highest BCUT2D eigenvalue weighted by atomic mass is 16.5. The molecule has 1 atom stereocenters. The molecule has 1 unspecified atom stereocenters. The average molecular weight is 197 g/mol. The number of ether oxygens (including phenoxy) is 1. The maximum Gasteiger partial charge on any atom is 0.253 e. The van der Waals surface area contributed by atoms with Crippen LogP contribution in [0.15, 0.2) is 11.3 Å². The second-order valence-corrected chi connectivity index (χ2v) is 4.38. The fraction of sp³-hybridized carbons (Fsp3) is 0.727. The molecule has 0 bridgehead atoms. The zero-order valence-corrected chi connectivity index (χ0v) is 9.55. The van der Waals surface area contributed by atoms with Crippen molar-refractivity contribution in [2.45, 2.75) is 40.8 Å². The smallest absolute Gasteiger partial charge is 0.253 e. The topological polar surface area (TPSA) is 38.3 Å². The van der Waals surface area contributed by atoms with E-state index in [2.05, 4.69) is 5.32 Å². The summed E-state index contributed by atoms with van der Waals surface area (Å²) >= 11 is 0. The zero-order chi connectivity index (χ0) is 10.9. The Balaban J connectivity index is 2.89. The number of carbonyl (C=O) groups is 1. The maximum absolute atomic E-state index is 11.7. The van der Waals surface area contributed by atoms with Gasteiger partial charge in [-0.2, -0.15) is 0 Å². The van der Waals surface area contributed by atoms with E-state index >= 15 is 0 Å². The Hall–Kier alpha value is -0.990. The molecule has 14 heavy (non-hydrogen) atoms. The SMILES string of the molecule is CC1=C(C(C)C)C(=O)NC(C(C)C)O1. The Bertz CT molecular complexity index is 266. The van der Waals surface area contributed by atoms with Crippen molar-refractivity contribution >= 4 is 5.91 Å². The van der Waals surface area contributed by atoms with Crippen molar-refractivity contribution in [1.29, 1.82) is 0 Å². The molecule has 80 valence electrons. The summed E-state index contributed by atoms with van der Waals surface area (Å²) in [7, 11) is 0. The van der Waals surface area contributed by atoms with E-state index in [1.165, 1.54) is 0 Å². The van der Waals surface area contributed by atoms with Crippen LogP contribution in [0.4, 0.5) is 0 Å². The summed E-state index contributed by atoms with van der Waals surface area (Å²) in [6.07, 6.45) is -0.176. The minimum atomic E-state index is -0.176. The van der Waals surface area contributed by atoms with Crippen LogP contribution < -0.4 is 5.32 Å². The van der Waals surface area contributed by atoms with Crippen molar-refractivity contribution in [2.24, 2.45) is 11.8 Å². The lowest BCUT2D eigenvalue weighted by Gasteiger charge is -2.31. The molecule has 0 saturated carbocycles. The van der Waals surface area contributed by atoms with Crippen LogP contribution in [0.5, 0.6) is 0 Å². The molecular formula is C11H19NO2. The van der Waals surface area contributed by atoms with Crippen molar-refractivity contribution < 1.29 is 9.53 Å². The Kier molecular flexibility index (Phi) is 3.19. The first kappa shape index (κ1) is 11.1. The summed E-state index contributed by atoms with van der Waals surface area (Å²) in [6, 6.07) is 0. The Morgan fingerprint density at radius 1 is 1.29 bits per heavy atom. The van der Waals surface area contributed by atoms with Gasteiger partial charge in [-0.25, -0.2) is 0 Å². The molecule has 0 aromatic carbocycles. The molecule has 0 saturated heterocycles. The van der Waals surface area contributed by atoms with Gasteiger partial charge in [-0.15, -0.1) is 0 Å². The largest absolute Gasteiger partial charge is 0.475 e. The predicted octanol–water partition coefficient (Wildman–Crippen LogP) is 2.04. The Morgan fingerprint density at radius 3 is 2.21 bits per heavy atom. The molecule has 1 aliphatic rings. The third-order valence-electron chi connectivity index (χ3n) is 2.38. The number of nitrogens with one attached hydrogen (secondary N) is 1. The fourth-order valence-corrected chi connectivity index (χ4v) is 1.62. The summed E-state index contributed by atoms with van der Waals surface area (Å²) < 4.78 is 5.64. The van der Waals surface area contributed by atoms with E-state index in [9.17, 15) is 4.79 Å². The lowest BCUT2D eigenvalue weighted by Crippen LogP contribution is -2.45. The Labute approximate surface area is 85.5 Å². The highest BCUT2D eigenvalue weighted by molar-refractivity contribution is 5.95. The molecule has 0 aliphatic carbocycles. The molecule has 1 rings (SSSR count). The second kappa shape index (κ2) is 4.03. The molecule has 0 radical (unpaired) electrons. The average Bonchev–Trinajstić information content (AvgIpc) is 2.01. The van der Waals surface area contributed by atoms with Crippen LogP contribution in [-0.2, 0) is 9.53 Å². The first-order valence-electron chi connectivity index (χ1n) is 5.11. The summed E-state index contributed by atoms with van der Waals surface area (Å²) in [6.45, 7) is 9.91. The number of allylic oxidation sites excluding steroid dienone is 1. The van der Waals surface area contributed by atoms with Gasteiger partial charge in [0, 0.05) is 5.92 Å². The van der Waals surface area contributed by atoms with E-state index in [4.69, 9.17) is 4.74 Å². The lowest BCUT2D eigenvalue weighted by molar-refractivity contribution is -0.125. The van der Waals surface area contributed by atoms with E-state index in [0.29, 0.717) is 5.92 Å². The van der Waals surface area contributed by atoms with Gasteiger partial charge in [-0.1, -0.05) is 27.7 Å². The van der Waals surface area contributed by atoms with Gasteiger partial charge < -0.3 is 10.1 Å². The highest BCUT2D eigenvalue weighted by Gasteiger charge is 2.29. The molecule has 1 heterocycles. The summed E-state index contributed by atoms with van der Waals surface area (Å²) in [5.74, 6) is 1.29. The molecular weight excluding hydrogens is 178 g/mol. The molecule has 1 aliphatic heterocycles. The van der Waals surface area contributed by atoms with Gasteiger partial charge >= 0.3 is 0 Å². The number of hydrogen-bond acceptors (Lipinski definition) is 2. The minimum absolute atomic E-state index is 0.0162. The first-order valence-corrected chi connectivity index (χ1v) is 5.11. The highest BCUT2D eigenvalue weighted by Crippen LogP contribution is 2.23. The van der Waals surface area contributed by atoms with Gasteiger partial charge in [-0.3, -0.25) is 4.79 Å². The van der Waals surface area contributed by atoms with E-state index in [0.717, 1.165) is 11.3 Å². The zero-order valence-electron chi connectivity index (χ0n) is 9.55. The van der Waals surface area contributed by atoms with E-state index in [1.54, 1.807) is 0 Å². The van der Waals surface area contributed by atoms with Crippen LogP contribution in [0.1, 0.15) is 34.6 Å². The third-order valence-corrected chi connectivity index (χ3v) is 2.38. The van der Waals surface area contributed by atoms with E-state index in [-0.39, 0.29) is 18.1 Å². The number of hydrogen-bond donors (Lipinski definition) is 1. The lowest BCUT2D eigenvalue weighted by atomic mass is 9.99. The van der Waals surface area contributed by atoms with Crippen LogP contribution in [-0.4, -0.2) is 12.1 Å². The van der Waals surface area contributed by atoms with Crippen LogP contribution in [0, 0.1) is 11.8 Å². The van der Waals surface area contributed by atoms with Gasteiger partial charge in [-0.05, 0) is 12.8 Å². The summed E-state index contributed by atoms with van der Waals surface area (Å²) in [4.78, 5) is 11.7. The molecule has 3 nitrogen and oxygen atoms in total. The Morgan fingerprint density at radius 2 is 1.86 bits per heavy atom. The van der Waals surface area contributed by atoms with Gasteiger partial charge in [0.1, 0.15) is 5.76 Å². The molecule has 0 aromatic heterocycles. The normalized spacial score (nSPS) is 22.8. The van der Waals surface area contributed by atoms with Crippen molar-refractivity contribution in [2.75, 3.05) is 0 Å². The molecule has 0 spiro atoms. The van der Waals surface area contributed by atoms with Crippen LogP contribution in [0.25, 0.3) is 0 Å². The van der Waals surface area contributed by atoms with Crippen molar-refractivity contribution in [1.82, 2.24) is 5.32 Å². The van der Waals surface area contributed by atoms with Crippen molar-refractivity contribution in [3.63, 3.8) is 0 Å². The van der Waals surface area contributed by atoms with E-state index < -0.39 is 0 Å². The standard InChI is InChI=1S/C11H19NO2/c1-6(2)9-8(5)14-11(7(3)4)12-10(9)13/h6-7,11H,1-5H3,(H,12,13). The number of amides is 1. The first-order chi connectivity index (χ1) is 6.43. The van der Waals surface area contributed by atoms with Crippen molar-refractivity contribution in [3.8, 4) is 0 Å². The van der Waals surface area contributed by atoms with Crippen LogP contribution in [0.2, 0.25) is 0 Å². The van der Waals surface area contributed by atoms with Crippen molar-refractivity contribution in [3.05, 3.63) is 11.3 Å². The maximum atomic E-state index is 11.7. The second-order valence-electron chi connectivity index (χ2n) is 4.38. The number of rotatable bonds is 2. The van der Waals surface area contributed by atoms with Crippen LogP contribution in [0.3, 0.4) is 0 Å². The minimum Gasteiger partial charge on any atom is -0.475 e. The third kappa shape index (κ3) is 2.08. The quantitative estimate of drug-likeness (QED) is 0.735. The summed E-state index contributed by atoms with van der Waals surface area (Å²) in [5, 5.41) is 2.86. The van der Waals surface area contributed by atoms with Gasteiger partial charge in [0.05, 0.1) is 5.57 Å². The van der Waals surface area contributed by atoms with Gasteiger partial charge in [0.2, 0.25) is 0 Å². The molecule has 0 fully saturated rings.